The number of hydrogen-bond acceptors (Lipinski definition) is 5. The smallest absolute Gasteiger partial charge is 0.271 e. The fourth-order valence-electron chi connectivity index (χ4n) is 4.50. The van der Waals surface area contributed by atoms with Gasteiger partial charge in [-0.25, -0.2) is 0 Å². The molecule has 1 aliphatic carbocycles. The molecule has 1 aromatic heterocycles. The summed E-state index contributed by atoms with van der Waals surface area (Å²) in [6.45, 7) is 3.04. The van der Waals surface area contributed by atoms with Gasteiger partial charge in [0.1, 0.15) is 5.76 Å². The van der Waals surface area contributed by atoms with Crippen LogP contribution >= 0.6 is 0 Å². The maximum absolute atomic E-state index is 12.3. The molecule has 1 aromatic carbocycles. The predicted octanol–water partition coefficient (Wildman–Crippen LogP) is 2.37. The molecule has 0 spiro atoms. The minimum absolute atomic E-state index is 0.0128. The minimum atomic E-state index is -0.554. The van der Waals surface area contributed by atoms with Gasteiger partial charge in [0.15, 0.2) is 5.69 Å². The number of likely N-dealkylation sites (tertiary alicyclic amines) is 1. The zero-order chi connectivity index (χ0) is 20.5. The summed E-state index contributed by atoms with van der Waals surface area (Å²) in [5, 5.41) is 4.05. The van der Waals surface area contributed by atoms with Crippen molar-refractivity contribution in [3.05, 3.63) is 52.9 Å². The summed E-state index contributed by atoms with van der Waals surface area (Å²) < 4.78 is 5.63. The van der Waals surface area contributed by atoms with Crippen molar-refractivity contribution >= 4 is 11.8 Å². The first kappa shape index (κ1) is 19.6. The monoisotopic (exact) mass is 396 g/mol. The van der Waals surface area contributed by atoms with E-state index in [1.807, 2.05) is 23.1 Å². The topological polar surface area (TPSA) is 115 Å². The summed E-state index contributed by atoms with van der Waals surface area (Å²) >= 11 is 0. The summed E-state index contributed by atoms with van der Waals surface area (Å²) in [6, 6.07) is 9.67. The number of nitrogens with zero attached hydrogens (tertiary/aromatic N) is 2. The average Bonchev–Trinajstić information content (AvgIpc) is 3.48. The van der Waals surface area contributed by atoms with Crippen LogP contribution in [0, 0.1) is 5.92 Å². The van der Waals surface area contributed by atoms with Crippen LogP contribution in [0.3, 0.4) is 0 Å². The molecular weight excluding hydrogens is 368 g/mol. The van der Waals surface area contributed by atoms with E-state index >= 15 is 0 Å². The fourth-order valence-corrected chi connectivity index (χ4v) is 4.50. The van der Waals surface area contributed by atoms with Gasteiger partial charge in [-0.1, -0.05) is 35.5 Å². The second-order valence-electron chi connectivity index (χ2n) is 8.29. The number of primary amides is 1. The summed E-state index contributed by atoms with van der Waals surface area (Å²) in [5.41, 5.74) is 13.7. The molecule has 2 atom stereocenters. The van der Waals surface area contributed by atoms with E-state index in [0.717, 1.165) is 42.6 Å². The van der Waals surface area contributed by atoms with Crippen LogP contribution in [0.2, 0.25) is 0 Å². The van der Waals surface area contributed by atoms with Gasteiger partial charge in [0, 0.05) is 30.5 Å². The number of carbonyl (C=O) groups excluding carboxylic acids is 2. The summed E-state index contributed by atoms with van der Waals surface area (Å²) in [7, 11) is 0. The number of benzene rings is 1. The van der Waals surface area contributed by atoms with E-state index < -0.39 is 11.9 Å². The van der Waals surface area contributed by atoms with E-state index in [-0.39, 0.29) is 23.4 Å². The van der Waals surface area contributed by atoms with E-state index in [9.17, 15) is 9.59 Å². The summed E-state index contributed by atoms with van der Waals surface area (Å²) in [6.07, 6.45) is 3.74. The van der Waals surface area contributed by atoms with Gasteiger partial charge in [-0.15, -0.1) is 0 Å². The molecule has 7 nitrogen and oxygen atoms in total. The Morgan fingerprint density at radius 2 is 1.79 bits per heavy atom. The zero-order valence-corrected chi connectivity index (χ0v) is 16.7. The molecule has 4 N–H and O–H groups in total. The van der Waals surface area contributed by atoms with Crippen molar-refractivity contribution in [2.45, 2.75) is 50.5 Å². The van der Waals surface area contributed by atoms with Crippen molar-refractivity contribution in [2.75, 3.05) is 13.1 Å². The Hall–Kier alpha value is -2.67. The molecule has 0 unspecified atom stereocenters. The van der Waals surface area contributed by atoms with Crippen LogP contribution in [0.5, 0.6) is 0 Å². The van der Waals surface area contributed by atoms with Crippen LogP contribution in [0.1, 0.15) is 71.8 Å². The second-order valence-corrected chi connectivity index (χ2v) is 8.29. The molecule has 0 radical (unpaired) electrons. The largest absolute Gasteiger partial charge is 0.364 e. The lowest BCUT2D eigenvalue weighted by atomic mass is 9.74. The molecule has 2 aliphatic rings. The Labute approximate surface area is 170 Å². The highest BCUT2D eigenvalue weighted by molar-refractivity contribution is 5.92. The van der Waals surface area contributed by atoms with E-state index in [1.54, 1.807) is 6.92 Å². The first-order valence-corrected chi connectivity index (χ1v) is 10.4. The molecule has 1 aliphatic heterocycles. The Kier molecular flexibility index (Phi) is 5.41. The molecule has 1 saturated heterocycles. The molecule has 7 heteroatoms. The van der Waals surface area contributed by atoms with Gasteiger partial charge in [0.25, 0.3) is 5.91 Å². The highest BCUT2D eigenvalue weighted by atomic mass is 16.5. The lowest BCUT2D eigenvalue weighted by molar-refractivity contribution is -0.133. The van der Waals surface area contributed by atoms with Crippen molar-refractivity contribution in [3.63, 3.8) is 0 Å². The van der Waals surface area contributed by atoms with Crippen molar-refractivity contribution in [2.24, 2.45) is 17.4 Å². The van der Waals surface area contributed by atoms with Gasteiger partial charge in [-0.3, -0.25) is 9.59 Å². The van der Waals surface area contributed by atoms with Gasteiger partial charge in [-0.2, -0.15) is 0 Å². The van der Waals surface area contributed by atoms with Gasteiger partial charge in [0.2, 0.25) is 5.91 Å². The van der Waals surface area contributed by atoms with Crippen LogP contribution in [-0.4, -0.2) is 41.0 Å². The SMILES string of the molecule is C[C@H](N)C(=O)N1CCC([C@@H](c2ccccc2)c2c(C(N)=O)noc2C2CC2)CC1. The number of carbonyl (C=O) groups is 2. The Bertz CT molecular complexity index is 881. The van der Waals surface area contributed by atoms with Crippen LogP contribution in [-0.2, 0) is 4.79 Å². The van der Waals surface area contributed by atoms with E-state index in [0.29, 0.717) is 19.0 Å². The molecule has 4 rings (SSSR count). The third kappa shape index (κ3) is 3.92. The van der Waals surface area contributed by atoms with Gasteiger partial charge >= 0.3 is 0 Å². The number of amides is 2. The molecular formula is C22H28N4O3. The van der Waals surface area contributed by atoms with Crippen LogP contribution in [0.4, 0.5) is 0 Å². The summed E-state index contributed by atoms with van der Waals surface area (Å²) in [4.78, 5) is 26.3. The Morgan fingerprint density at radius 1 is 1.14 bits per heavy atom. The van der Waals surface area contributed by atoms with E-state index in [1.165, 1.54) is 0 Å². The van der Waals surface area contributed by atoms with E-state index in [4.69, 9.17) is 16.0 Å². The van der Waals surface area contributed by atoms with Gasteiger partial charge in [-0.05, 0) is 44.1 Å². The Morgan fingerprint density at radius 3 is 2.34 bits per heavy atom. The average molecular weight is 396 g/mol. The van der Waals surface area contributed by atoms with Crippen molar-refractivity contribution in [1.29, 1.82) is 0 Å². The number of rotatable bonds is 6. The second kappa shape index (κ2) is 7.99. The molecule has 0 bridgehead atoms. The van der Waals surface area contributed by atoms with Crippen molar-refractivity contribution in [3.8, 4) is 0 Å². The van der Waals surface area contributed by atoms with Crippen molar-refractivity contribution < 1.29 is 14.1 Å². The first-order valence-electron chi connectivity index (χ1n) is 10.4. The zero-order valence-electron chi connectivity index (χ0n) is 16.7. The molecule has 2 fully saturated rings. The highest BCUT2D eigenvalue weighted by Crippen LogP contribution is 2.48. The number of aromatic nitrogens is 1. The minimum Gasteiger partial charge on any atom is -0.364 e. The maximum Gasteiger partial charge on any atom is 0.271 e. The molecule has 154 valence electrons. The maximum atomic E-state index is 12.3. The molecule has 2 aromatic rings. The number of nitrogens with two attached hydrogens (primary N) is 2. The normalized spacial score (nSPS) is 19.7. The number of hydrogen-bond donors (Lipinski definition) is 2. The van der Waals surface area contributed by atoms with Crippen LogP contribution in [0.25, 0.3) is 0 Å². The first-order chi connectivity index (χ1) is 14.0. The third-order valence-electron chi connectivity index (χ3n) is 6.12. The predicted molar refractivity (Wildman–Crippen MR) is 108 cm³/mol. The van der Waals surface area contributed by atoms with Crippen LogP contribution < -0.4 is 11.5 Å². The van der Waals surface area contributed by atoms with Crippen molar-refractivity contribution in [1.82, 2.24) is 10.1 Å². The van der Waals surface area contributed by atoms with Gasteiger partial charge < -0.3 is 20.9 Å². The van der Waals surface area contributed by atoms with Gasteiger partial charge in [0.05, 0.1) is 6.04 Å². The summed E-state index contributed by atoms with van der Waals surface area (Å²) in [5.74, 6) is 0.776. The molecule has 2 amide bonds. The lowest BCUT2D eigenvalue weighted by Crippen LogP contribution is -2.46. The quantitative estimate of drug-likeness (QED) is 0.778. The third-order valence-corrected chi connectivity index (χ3v) is 6.12. The standard InChI is InChI=1S/C22H28N4O3/c1-13(23)22(28)26-11-9-15(10-12-26)17(14-5-3-2-4-6-14)18-19(21(24)27)25-29-20(18)16-7-8-16/h2-6,13,15-17H,7-12,23H2,1H3,(H2,24,27)/t13-,17+/m0/s1. The molecule has 1 saturated carbocycles. The molecule has 2 heterocycles. The van der Waals surface area contributed by atoms with Crippen LogP contribution in [0.15, 0.2) is 34.9 Å². The number of piperidine rings is 1. The molecule has 29 heavy (non-hydrogen) atoms. The highest BCUT2D eigenvalue weighted by Gasteiger charge is 2.40. The fraction of sp³-hybridized carbons (Fsp3) is 0.500. The Balaban J connectivity index is 1.69. The van der Waals surface area contributed by atoms with E-state index in [2.05, 4.69) is 17.3 Å². The lowest BCUT2D eigenvalue weighted by Gasteiger charge is -2.37.